The summed E-state index contributed by atoms with van der Waals surface area (Å²) in [5.41, 5.74) is 30.3. The van der Waals surface area contributed by atoms with E-state index in [9.17, 15) is 0 Å². The summed E-state index contributed by atoms with van der Waals surface area (Å²) in [6.45, 7) is 0. The Balaban J connectivity index is 1.05. The molecule has 0 spiro atoms. The van der Waals surface area contributed by atoms with Crippen molar-refractivity contribution in [1.82, 2.24) is 0 Å². The van der Waals surface area contributed by atoms with E-state index in [2.05, 4.69) is 94.8 Å². The number of benzene rings is 5. The highest BCUT2D eigenvalue weighted by Crippen LogP contribution is 2.28. The molecule has 0 amide bonds. The van der Waals surface area contributed by atoms with Gasteiger partial charge in [-0.1, -0.05) is 42.5 Å². The summed E-state index contributed by atoms with van der Waals surface area (Å²) in [5, 5.41) is 10.6. The van der Waals surface area contributed by atoms with Crippen LogP contribution in [0.4, 0.5) is 45.5 Å². The molecule has 0 fully saturated rings. The number of nitrogen functional groups attached to an aromatic ring is 3. The molecule has 0 saturated carbocycles. The molecule has 9 N–H and O–H groups in total. The van der Waals surface area contributed by atoms with Crippen LogP contribution in [0.1, 0.15) is 23.1 Å². The van der Waals surface area contributed by atoms with Gasteiger partial charge in [0.05, 0.1) is 0 Å². The molecule has 44 heavy (non-hydrogen) atoms. The van der Waals surface area contributed by atoms with Gasteiger partial charge in [0.25, 0.3) is 0 Å². The number of hydrogen-bond acceptors (Lipinski definition) is 6. The quantitative estimate of drug-likeness (QED) is 0.0927. The zero-order valence-corrected chi connectivity index (χ0v) is 24.6. The molecule has 0 heterocycles. The van der Waals surface area contributed by atoms with E-state index < -0.39 is 0 Å². The summed E-state index contributed by atoms with van der Waals surface area (Å²) in [5.74, 6) is 0. The molecule has 5 aromatic carbocycles. The van der Waals surface area contributed by atoms with E-state index in [0.29, 0.717) is 0 Å². The lowest BCUT2D eigenvalue weighted by Crippen LogP contribution is -2.18. The van der Waals surface area contributed by atoms with Gasteiger partial charge in [-0.25, -0.2) is 0 Å². The van der Waals surface area contributed by atoms with Gasteiger partial charge in [0.15, 0.2) is 0 Å². The number of nitrogens with two attached hydrogens (primary N) is 3. The van der Waals surface area contributed by atoms with Crippen LogP contribution in [0.2, 0.25) is 0 Å². The van der Waals surface area contributed by atoms with Crippen LogP contribution in [0.25, 0.3) is 0 Å². The van der Waals surface area contributed by atoms with E-state index in [-0.39, 0.29) is 6.04 Å². The third-order valence-corrected chi connectivity index (χ3v) is 7.76. The summed E-state index contributed by atoms with van der Waals surface area (Å²) >= 11 is 0. The van der Waals surface area contributed by atoms with Crippen molar-refractivity contribution in [2.24, 2.45) is 0 Å². The molecular formula is C38H38N6. The third-order valence-electron chi connectivity index (χ3n) is 7.76. The topological polar surface area (TPSA) is 114 Å². The van der Waals surface area contributed by atoms with Crippen LogP contribution in [0.15, 0.2) is 139 Å². The Morgan fingerprint density at radius 3 is 1.64 bits per heavy atom. The van der Waals surface area contributed by atoms with Crippen LogP contribution in [0, 0.1) is 0 Å². The van der Waals surface area contributed by atoms with E-state index >= 15 is 0 Å². The van der Waals surface area contributed by atoms with Crippen molar-refractivity contribution in [3.8, 4) is 0 Å². The molecule has 5 aromatic rings. The second-order valence-corrected chi connectivity index (χ2v) is 11.3. The number of nitrogens with one attached hydrogen (secondary N) is 3. The van der Waals surface area contributed by atoms with Crippen molar-refractivity contribution in [3.05, 3.63) is 156 Å². The normalized spacial score (nSPS) is 14.1. The Bertz CT molecular complexity index is 1750. The van der Waals surface area contributed by atoms with E-state index in [4.69, 9.17) is 17.2 Å². The van der Waals surface area contributed by atoms with Gasteiger partial charge in [0, 0.05) is 51.5 Å². The molecule has 6 rings (SSSR count). The molecule has 1 aliphatic carbocycles. The summed E-state index contributed by atoms with van der Waals surface area (Å²) in [4.78, 5) is 0. The number of allylic oxidation sites excluding steroid dienone is 2. The second-order valence-electron chi connectivity index (χ2n) is 11.3. The van der Waals surface area contributed by atoms with Gasteiger partial charge in [0.1, 0.15) is 0 Å². The molecule has 220 valence electrons. The smallest absolute Gasteiger partial charge is 0.0482 e. The fourth-order valence-corrected chi connectivity index (χ4v) is 5.33. The van der Waals surface area contributed by atoms with Crippen molar-refractivity contribution in [2.45, 2.75) is 25.3 Å². The average Bonchev–Trinajstić information content (AvgIpc) is 3.03. The minimum absolute atomic E-state index is 0.253. The molecule has 6 nitrogen and oxygen atoms in total. The molecule has 0 radical (unpaired) electrons. The number of hydrogen-bond donors (Lipinski definition) is 6. The Morgan fingerprint density at radius 1 is 0.545 bits per heavy atom. The van der Waals surface area contributed by atoms with Gasteiger partial charge in [-0.3, -0.25) is 0 Å². The molecule has 0 bridgehead atoms. The van der Waals surface area contributed by atoms with E-state index in [1.54, 1.807) is 0 Å². The van der Waals surface area contributed by atoms with Gasteiger partial charge in [0.2, 0.25) is 0 Å². The number of anilines is 8. The highest BCUT2D eigenvalue weighted by molar-refractivity contribution is 5.67. The fourth-order valence-electron chi connectivity index (χ4n) is 5.33. The first-order chi connectivity index (χ1) is 21.4. The highest BCUT2D eigenvalue weighted by atomic mass is 14.9. The molecular weight excluding hydrogens is 540 g/mol. The lowest BCUT2D eigenvalue weighted by Gasteiger charge is -2.20. The van der Waals surface area contributed by atoms with Crippen LogP contribution in [-0.4, -0.2) is 6.04 Å². The summed E-state index contributed by atoms with van der Waals surface area (Å²) in [6, 6.07) is 39.1. The zero-order chi connectivity index (χ0) is 30.3. The SMILES string of the molecule is Nc1ccc(Nc2ccc(Cc3ccc(Nc4ccc(N)cc4CC4=CCC(Nc5ccc(N)cc5)C=C4)cc3)cc2)cc1. The van der Waals surface area contributed by atoms with Crippen LogP contribution in [0.3, 0.4) is 0 Å². The Hall–Kier alpha value is -5.62. The second kappa shape index (κ2) is 13.1. The highest BCUT2D eigenvalue weighted by Gasteiger charge is 2.12. The lowest BCUT2D eigenvalue weighted by atomic mass is 9.96. The van der Waals surface area contributed by atoms with Crippen LogP contribution in [-0.2, 0) is 12.8 Å². The Labute approximate surface area is 259 Å². The summed E-state index contributed by atoms with van der Waals surface area (Å²) < 4.78 is 0. The maximum atomic E-state index is 6.20. The maximum Gasteiger partial charge on any atom is 0.0482 e. The van der Waals surface area contributed by atoms with Gasteiger partial charge < -0.3 is 33.2 Å². The van der Waals surface area contributed by atoms with Gasteiger partial charge in [-0.2, -0.15) is 0 Å². The van der Waals surface area contributed by atoms with Gasteiger partial charge in [-0.15, -0.1) is 0 Å². The van der Waals surface area contributed by atoms with Crippen LogP contribution >= 0.6 is 0 Å². The van der Waals surface area contributed by atoms with Crippen molar-refractivity contribution >= 4 is 45.5 Å². The van der Waals surface area contributed by atoms with E-state index in [1.165, 1.54) is 22.3 Å². The predicted octanol–water partition coefficient (Wildman–Crippen LogP) is 8.42. The molecule has 0 aromatic heterocycles. The first-order valence-electron chi connectivity index (χ1n) is 14.9. The minimum atomic E-state index is 0.253. The molecule has 6 heteroatoms. The Kier molecular flexibility index (Phi) is 8.50. The van der Waals surface area contributed by atoms with E-state index in [0.717, 1.165) is 64.8 Å². The van der Waals surface area contributed by atoms with Gasteiger partial charge in [-0.05, 0) is 133 Å². The van der Waals surface area contributed by atoms with Crippen LogP contribution in [0.5, 0.6) is 0 Å². The van der Waals surface area contributed by atoms with Crippen molar-refractivity contribution in [3.63, 3.8) is 0 Å². The number of rotatable bonds is 10. The minimum Gasteiger partial charge on any atom is -0.399 e. The standard InChI is InChI=1S/C38H38N6/c39-30-7-18-35(19-8-30)42-33-12-1-26(2-13-33)23-27-3-16-37(17-4-27)44-38-22-11-32(41)25-29(38)24-28-5-14-34(15-6-28)43-36-20-9-31(40)10-21-36/h1-14,16-22,25,34,42-44H,15,23-24,39-41H2. The van der Waals surface area contributed by atoms with E-state index in [1.807, 2.05) is 54.6 Å². The molecule has 1 aliphatic rings. The lowest BCUT2D eigenvalue weighted by molar-refractivity contribution is 0.867. The first kappa shape index (κ1) is 28.5. The van der Waals surface area contributed by atoms with Crippen molar-refractivity contribution < 1.29 is 0 Å². The summed E-state index contributed by atoms with van der Waals surface area (Å²) in [6.07, 6.45) is 9.33. The molecule has 1 unspecified atom stereocenters. The fraction of sp³-hybridized carbons (Fsp3) is 0.105. The van der Waals surface area contributed by atoms with Crippen molar-refractivity contribution in [1.29, 1.82) is 0 Å². The molecule has 0 saturated heterocycles. The molecule has 1 atom stereocenters. The largest absolute Gasteiger partial charge is 0.399 e. The maximum absolute atomic E-state index is 6.20. The Morgan fingerprint density at radius 2 is 1.07 bits per heavy atom. The average molecular weight is 579 g/mol. The zero-order valence-electron chi connectivity index (χ0n) is 24.6. The van der Waals surface area contributed by atoms with Crippen LogP contribution < -0.4 is 33.2 Å². The predicted molar refractivity (Wildman–Crippen MR) is 188 cm³/mol. The molecule has 0 aliphatic heterocycles. The summed E-state index contributed by atoms with van der Waals surface area (Å²) in [7, 11) is 0. The van der Waals surface area contributed by atoms with Crippen molar-refractivity contribution in [2.75, 3.05) is 33.2 Å². The van der Waals surface area contributed by atoms with Gasteiger partial charge >= 0.3 is 0 Å². The monoisotopic (exact) mass is 578 g/mol. The first-order valence-corrected chi connectivity index (χ1v) is 14.9. The third kappa shape index (κ3) is 7.61.